The van der Waals surface area contributed by atoms with E-state index in [9.17, 15) is 5.11 Å². The molecule has 0 unspecified atom stereocenters. The van der Waals surface area contributed by atoms with Crippen molar-refractivity contribution in [3.63, 3.8) is 0 Å². The van der Waals surface area contributed by atoms with E-state index >= 15 is 0 Å². The van der Waals surface area contributed by atoms with Crippen molar-refractivity contribution in [1.29, 1.82) is 0 Å². The maximum absolute atomic E-state index is 10.3. The van der Waals surface area contributed by atoms with Gasteiger partial charge in [0.25, 0.3) is 0 Å². The molecule has 17 heavy (non-hydrogen) atoms. The molecule has 0 amide bonds. The Hall–Kier alpha value is -0.860. The smallest absolute Gasteiger partial charge is 0.0775 e. The molecule has 1 N–H and O–H groups in total. The van der Waals surface area contributed by atoms with Crippen LogP contribution in [0.4, 0.5) is 0 Å². The number of unbranched alkanes of at least 4 members (excludes halogenated alkanes) is 1. The summed E-state index contributed by atoms with van der Waals surface area (Å²) < 4.78 is 0. The minimum absolute atomic E-state index is 0.198. The molecule has 2 heteroatoms. The molecule has 0 saturated carbocycles. The first-order valence-corrected chi connectivity index (χ1v) is 6.68. The fourth-order valence-corrected chi connectivity index (χ4v) is 2.85. The van der Waals surface area contributed by atoms with Gasteiger partial charge in [0, 0.05) is 6.54 Å². The molecule has 94 valence electrons. The lowest BCUT2D eigenvalue weighted by Crippen LogP contribution is -2.45. The minimum atomic E-state index is -0.248. The zero-order valence-electron chi connectivity index (χ0n) is 10.9. The van der Waals surface area contributed by atoms with Crippen molar-refractivity contribution in [2.24, 2.45) is 0 Å². The van der Waals surface area contributed by atoms with Crippen LogP contribution in [0.25, 0.3) is 0 Å². The summed E-state index contributed by atoms with van der Waals surface area (Å²) in [6.07, 6.45) is 3.04. The lowest BCUT2D eigenvalue weighted by atomic mass is 9.87. The van der Waals surface area contributed by atoms with Gasteiger partial charge in [-0.3, -0.25) is 4.90 Å². The van der Waals surface area contributed by atoms with Crippen LogP contribution in [0.1, 0.15) is 38.7 Å². The van der Waals surface area contributed by atoms with Gasteiger partial charge in [-0.2, -0.15) is 0 Å². The van der Waals surface area contributed by atoms with E-state index in [0.717, 1.165) is 19.5 Å². The Morgan fingerprint density at radius 3 is 2.71 bits per heavy atom. The molecule has 0 aliphatic carbocycles. The van der Waals surface area contributed by atoms with Crippen molar-refractivity contribution < 1.29 is 5.11 Å². The fraction of sp³-hybridized carbons (Fsp3) is 0.600. The van der Waals surface area contributed by atoms with Crippen molar-refractivity contribution in [3.8, 4) is 0 Å². The van der Waals surface area contributed by atoms with Crippen LogP contribution in [0.3, 0.4) is 0 Å². The predicted octanol–water partition coefficient (Wildman–Crippen LogP) is 2.77. The summed E-state index contributed by atoms with van der Waals surface area (Å²) in [7, 11) is 0. The van der Waals surface area contributed by atoms with Gasteiger partial charge in [0.2, 0.25) is 0 Å². The Kier molecular flexibility index (Phi) is 3.85. The number of benzene rings is 1. The summed E-state index contributed by atoms with van der Waals surface area (Å²) in [6, 6.07) is 10.4. The summed E-state index contributed by atoms with van der Waals surface area (Å²) in [6.45, 7) is 6.48. The van der Waals surface area contributed by atoms with Gasteiger partial charge < -0.3 is 5.11 Å². The van der Waals surface area contributed by atoms with E-state index in [4.69, 9.17) is 0 Å². The van der Waals surface area contributed by atoms with Gasteiger partial charge >= 0.3 is 0 Å². The maximum atomic E-state index is 10.3. The molecule has 0 radical (unpaired) electrons. The molecule has 0 aromatic heterocycles. The first-order valence-electron chi connectivity index (χ1n) is 6.68. The number of nitrogens with zero attached hydrogens (tertiary/aromatic N) is 1. The molecule has 0 bridgehead atoms. The summed E-state index contributed by atoms with van der Waals surface area (Å²) in [4.78, 5) is 2.44. The van der Waals surface area contributed by atoms with E-state index in [2.05, 4.69) is 43.0 Å². The number of likely N-dealkylation sites (tertiary alicyclic amines) is 1. The van der Waals surface area contributed by atoms with Gasteiger partial charge in [-0.15, -0.1) is 0 Å². The van der Waals surface area contributed by atoms with Gasteiger partial charge in [-0.1, -0.05) is 43.7 Å². The molecule has 1 aromatic rings. The average molecular weight is 233 g/mol. The molecule has 2 nitrogen and oxygen atoms in total. The highest BCUT2D eigenvalue weighted by Gasteiger charge is 2.44. The average Bonchev–Trinajstić information content (AvgIpc) is 2.66. The SMILES string of the molecule is CCCCN1CC[C@@H](O)[C@]1(C)c1ccccc1. The van der Waals surface area contributed by atoms with E-state index in [1.807, 2.05) is 6.07 Å². The summed E-state index contributed by atoms with van der Waals surface area (Å²) in [5.74, 6) is 0. The van der Waals surface area contributed by atoms with Gasteiger partial charge in [0.15, 0.2) is 0 Å². The highest BCUT2D eigenvalue weighted by atomic mass is 16.3. The second-order valence-corrected chi connectivity index (χ2v) is 5.16. The normalized spacial score (nSPS) is 29.7. The highest BCUT2D eigenvalue weighted by Crippen LogP contribution is 2.38. The molecule has 0 spiro atoms. The molecule has 1 aliphatic heterocycles. The summed E-state index contributed by atoms with van der Waals surface area (Å²) in [5.41, 5.74) is 1.04. The molecule has 2 rings (SSSR count). The van der Waals surface area contributed by atoms with Crippen LogP contribution in [0.15, 0.2) is 30.3 Å². The first-order chi connectivity index (χ1) is 8.19. The largest absolute Gasteiger partial charge is 0.391 e. The number of hydrogen-bond acceptors (Lipinski definition) is 2. The van der Waals surface area contributed by atoms with Gasteiger partial charge in [-0.25, -0.2) is 0 Å². The zero-order valence-corrected chi connectivity index (χ0v) is 10.9. The topological polar surface area (TPSA) is 23.5 Å². The third kappa shape index (κ3) is 2.24. The summed E-state index contributed by atoms with van der Waals surface area (Å²) in [5, 5.41) is 10.3. The van der Waals surface area contributed by atoms with Crippen LogP contribution in [-0.2, 0) is 5.54 Å². The van der Waals surface area contributed by atoms with E-state index in [1.54, 1.807) is 0 Å². The van der Waals surface area contributed by atoms with Crippen molar-refractivity contribution >= 4 is 0 Å². The Balaban J connectivity index is 2.25. The van der Waals surface area contributed by atoms with Gasteiger partial charge in [0.1, 0.15) is 0 Å². The van der Waals surface area contributed by atoms with Crippen molar-refractivity contribution in [2.75, 3.05) is 13.1 Å². The lowest BCUT2D eigenvalue weighted by molar-refractivity contribution is 0.0375. The Labute approximate surface area is 104 Å². The van der Waals surface area contributed by atoms with Crippen molar-refractivity contribution in [2.45, 2.75) is 44.8 Å². The quantitative estimate of drug-likeness (QED) is 0.864. The Bertz CT molecular complexity index is 351. The van der Waals surface area contributed by atoms with E-state index in [-0.39, 0.29) is 11.6 Å². The molecular formula is C15H23NO. The van der Waals surface area contributed by atoms with Crippen LogP contribution < -0.4 is 0 Å². The third-order valence-corrected chi connectivity index (χ3v) is 4.12. The van der Waals surface area contributed by atoms with Crippen LogP contribution >= 0.6 is 0 Å². The number of rotatable bonds is 4. The minimum Gasteiger partial charge on any atom is -0.391 e. The third-order valence-electron chi connectivity index (χ3n) is 4.12. The van der Waals surface area contributed by atoms with Crippen LogP contribution in [0, 0.1) is 0 Å². The van der Waals surface area contributed by atoms with Gasteiger partial charge in [-0.05, 0) is 31.9 Å². The van der Waals surface area contributed by atoms with Gasteiger partial charge in [0.05, 0.1) is 11.6 Å². The Morgan fingerprint density at radius 2 is 2.06 bits per heavy atom. The maximum Gasteiger partial charge on any atom is 0.0775 e. The van der Waals surface area contributed by atoms with Crippen molar-refractivity contribution in [1.82, 2.24) is 4.90 Å². The standard InChI is InChI=1S/C15H23NO/c1-3-4-11-16-12-10-14(17)15(16,2)13-8-6-5-7-9-13/h5-9,14,17H,3-4,10-12H2,1-2H3/t14-,15+/m1/s1. The molecule has 1 aliphatic rings. The number of aliphatic hydroxyl groups excluding tert-OH is 1. The lowest BCUT2D eigenvalue weighted by Gasteiger charge is -2.38. The van der Waals surface area contributed by atoms with E-state index in [1.165, 1.54) is 18.4 Å². The summed E-state index contributed by atoms with van der Waals surface area (Å²) >= 11 is 0. The fourth-order valence-electron chi connectivity index (χ4n) is 2.85. The molecular weight excluding hydrogens is 210 g/mol. The molecule has 1 fully saturated rings. The molecule has 1 aromatic carbocycles. The second-order valence-electron chi connectivity index (χ2n) is 5.16. The van der Waals surface area contributed by atoms with Crippen LogP contribution in [-0.4, -0.2) is 29.2 Å². The Morgan fingerprint density at radius 1 is 1.35 bits per heavy atom. The predicted molar refractivity (Wildman–Crippen MR) is 70.9 cm³/mol. The second kappa shape index (κ2) is 5.19. The van der Waals surface area contributed by atoms with E-state index in [0.29, 0.717) is 0 Å². The molecule has 1 heterocycles. The van der Waals surface area contributed by atoms with E-state index < -0.39 is 0 Å². The van der Waals surface area contributed by atoms with Crippen molar-refractivity contribution in [3.05, 3.63) is 35.9 Å². The molecule has 1 saturated heterocycles. The van der Waals surface area contributed by atoms with Crippen LogP contribution in [0.2, 0.25) is 0 Å². The van der Waals surface area contributed by atoms with Crippen LogP contribution in [0.5, 0.6) is 0 Å². The number of aliphatic hydroxyl groups is 1. The highest BCUT2D eigenvalue weighted by molar-refractivity contribution is 5.27. The number of hydrogen-bond donors (Lipinski definition) is 1. The molecule has 2 atom stereocenters. The first kappa shape index (κ1) is 12.6. The zero-order chi connectivity index (χ0) is 12.3. The monoisotopic (exact) mass is 233 g/mol.